The highest BCUT2D eigenvalue weighted by Gasteiger charge is 2.33. The maximum Gasteiger partial charge on any atom is 0.387 e. The number of amides is 1. The third kappa shape index (κ3) is 4.45. The normalized spacial score (nSPS) is 19.1. The van der Waals surface area contributed by atoms with Crippen LogP contribution in [-0.2, 0) is 4.79 Å². The Balaban J connectivity index is 1.59. The Morgan fingerprint density at radius 3 is 2.81 bits per heavy atom. The van der Waals surface area contributed by atoms with Gasteiger partial charge in [-0.2, -0.15) is 8.78 Å². The highest BCUT2D eigenvalue weighted by molar-refractivity contribution is 5.80. The molecule has 9 heteroatoms. The summed E-state index contributed by atoms with van der Waals surface area (Å²) >= 11 is 0. The van der Waals surface area contributed by atoms with Crippen LogP contribution in [0, 0.1) is 11.8 Å². The molecule has 1 saturated heterocycles. The van der Waals surface area contributed by atoms with Gasteiger partial charge in [-0.3, -0.25) is 4.79 Å². The Morgan fingerprint density at radius 2 is 2.06 bits per heavy atom. The fourth-order valence-corrected chi connectivity index (χ4v) is 3.95. The second kappa shape index (κ2) is 8.49. The number of ether oxygens (including phenoxy) is 1. The second-order valence-corrected chi connectivity index (χ2v) is 8.08. The highest BCUT2D eigenvalue weighted by Crippen LogP contribution is 2.29. The van der Waals surface area contributed by atoms with E-state index in [1.54, 1.807) is 31.1 Å². The number of carbonyl (C=O) groups excluding carboxylic acids is 1. The molecular weight excluding hydrogens is 404 g/mol. The van der Waals surface area contributed by atoms with Crippen molar-refractivity contribution in [1.82, 2.24) is 19.9 Å². The zero-order valence-corrected chi connectivity index (χ0v) is 17.7. The van der Waals surface area contributed by atoms with E-state index >= 15 is 0 Å². The number of carbonyl (C=O) groups is 1. The van der Waals surface area contributed by atoms with E-state index < -0.39 is 6.61 Å². The van der Waals surface area contributed by atoms with Crippen LogP contribution in [-0.4, -0.2) is 59.6 Å². The number of anilines is 1. The summed E-state index contributed by atoms with van der Waals surface area (Å²) in [5, 5.41) is 0. The molecule has 0 saturated carbocycles. The van der Waals surface area contributed by atoms with Gasteiger partial charge < -0.3 is 19.5 Å². The first-order chi connectivity index (χ1) is 14.8. The van der Waals surface area contributed by atoms with Gasteiger partial charge in [0.15, 0.2) is 5.65 Å². The Morgan fingerprint density at radius 1 is 1.26 bits per heavy atom. The monoisotopic (exact) mass is 429 g/mol. The average molecular weight is 429 g/mol. The van der Waals surface area contributed by atoms with Crippen molar-refractivity contribution in [2.75, 3.05) is 32.1 Å². The number of nitrogens with zero attached hydrogens (tertiary/aromatic N) is 4. The standard InChI is InChI=1S/C22H25F2N5O2/c1-13-9-10-29(12-16(13)21(30)28(2)3)18-8-7-17-20(26-18)27-19(25-17)14-5-4-6-15(11-14)31-22(23)24/h4-8,11,13,16,22H,9-10,12H2,1-3H3,(H,25,26,27)/t13-,16-/m1/s1. The summed E-state index contributed by atoms with van der Waals surface area (Å²) in [5.41, 5.74) is 1.90. The van der Waals surface area contributed by atoms with Gasteiger partial charge in [0.05, 0.1) is 11.4 Å². The summed E-state index contributed by atoms with van der Waals surface area (Å²) < 4.78 is 29.5. The Labute approximate surface area is 179 Å². The number of hydrogen-bond donors (Lipinski definition) is 1. The highest BCUT2D eigenvalue weighted by atomic mass is 19.3. The number of halogens is 2. The lowest BCUT2D eigenvalue weighted by molar-refractivity contribution is -0.134. The number of fused-ring (bicyclic) bond motifs is 1. The van der Waals surface area contributed by atoms with Crippen LogP contribution in [0.15, 0.2) is 36.4 Å². The van der Waals surface area contributed by atoms with Gasteiger partial charge in [0, 0.05) is 32.7 Å². The summed E-state index contributed by atoms with van der Waals surface area (Å²) in [6.07, 6.45) is 0.909. The van der Waals surface area contributed by atoms with E-state index in [-0.39, 0.29) is 17.6 Å². The molecule has 7 nitrogen and oxygen atoms in total. The molecule has 31 heavy (non-hydrogen) atoms. The first-order valence-electron chi connectivity index (χ1n) is 10.2. The number of hydrogen-bond acceptors (Lipinski definition) is 5. The van der Waals surface area contributed by atoms with Crippen LogP contribution >= 0.6 is 0 Å². The summed E-state index contributed by atoms with van der Waals surface area (Å²) in [5.74, 6) is 1.73. The van der Waals surface area contributed by atoms with Gasteiger partial charge in [0.2, 0.25) is 5.91 Å². The molecule has 0 spiro atoms. The molecule has 0 aliphatic carbocycles. The molecule has 1 aliphatic rings. The van der Waals surface area contributed by atoms with Gasteiger partial charge in [-0.25, -0.2) is 9.97 Å². The molecular formula is C22H25F2N5O2. The van der Waals surface area contributed by atoms with Gasteiger partial charge in [-0.15, -0.1) is 0 Å². The number of imidazole rings is 1. The van der Waals surface area contributed by atoms with Crippen molar-refractivity contribution in [2.24, 2.45) is 11.8 Å². The van der Waals surface area contributed by atoms with Crippen LogP contribution in [0.25, 0.3) is 22.6 Å². The van der Waals surface area contributed by atoms with Crippen molar-refractivity contribution in [3.8, 4) is 17.1 Å². The molecule has 2 atom stereocenters. The minimum absolute atomic E-state index is 0.0700. The van der Waals surface area contributed by atoms with E-state index in [0.717, 1.165) is 24.3 Å². The van der Waals surface area contributed by atoms with E-state index in [2.05, 4.69) is 31.5 Å². The predicted octanol–water partition coefficient (Wildman–Crippen LogP) is 3.78. The first kappa shape index (κ1) is 21.0. The van der Waals surface area contributed by atoms with E-state index in [9.17, 15) is 13.6 Å². The van der Waals surface area contributed by atoms with Crippen molar-refractivity contribution in [1.29, 1.82) is 0 Å². The number of piperidine rings is 1. The second-order valence-electron chi connectivity index (χ2n) is 8.08. The van der Waals surface area contributed by atoms with Crippen LogP contribution < -0.4 is 9.64 Å². The predicted molar refractivity (Wildman–Crippen MR) is 114 cm³/mol. The molecule has 2 aromatic heterocycles. The lowest BCUT2D eigenvalue weighted by Crippen LogP contribution is -2.46. The average Bonchev–Trinajstić information content (AvgIpc) is 3.17. The quantitative estimate of drug-likeness (QED) is 0.668. The smallest absolute Gasteiger partial charge is 0.387 e. The lowest BCUT2D eigenvalue weighted by atomic mass is 9.86. The van der Waals surface area contributed by atoms with E-state index in [4.69, 9.17) is 0 Å². The van der Waals surface area contributed by atoms with E-state index in [1.807, 2.05) is 12.1 Å². The number of H-pyrrole nitrogens is 1. The van der Waals surface area contributed by atoms with Crippen molar-refractivity contribution in [2.45, 2.75) is 20.0 Å². The summed E-state index contributed by atoms with van der Waals surface area (Å²) in [6, 6.07) is 10.2. The van der Waals surface area contributed by atoms with Crippen LogP contribution in [0.1, 0.15) is 13.3 Å². The van der Waals surface area contributed by atoms with Crippen LogP contribution in [0.5, 0.6) is 5.75 Å². The zero-order valence-electron chi connectivity index (χ0n) is 17.7. The minimum Gasteiger partial charge on any atom is -0.435 e. The summed E-state index contributed by atoms with van der Waals surface area (Å²) in [4.78, 5) is 28.7. The van der Waals surface area contributed by atoms with Crippen molar-refractivity contribution in [3.63, 3.8) is 0 Å². The minimum atomic E-state index is -2.88. The van der Waals surface area contributed by atoms with Gasteiger partial charge >= 0.3 is 6.61 Å². The van der Waals surface area contributed by atoms with Crippen LogP contribution in [0.4, 0.5) is 14.6 Å². The van der Waals surface area contributed by atoms with Gasteiger partial charge in [-0.1, -0.05) is 19.1 Å². The van der Waals surface area contributed by atoms with E-state index in [0.29, 0.717) is 29.5 Å². The third-order valence-electron chi connectivity index (χ3n) is 5.70. The van der Waals surface area contributed by atoms with Gasteiger partial charge in [0.25, 0.3) is 0 Å². The number of benzene rings is 1. The molecule has 1 aliphatic heterocycles. The molecule has 1 fully saturated rings. The summed E-state index contributed by atoms with van der Waals surface area (Å²) in [6.45, 7) is 0.666. The fraction of sp³-hybridized carbons (Fsp3) is 0.409. The molecule has 1 aromatic carbocycles. The molecule has 1 N–H and O–H groups in total. The largest absolute Gasteiger partial charge is 0.435 e. The Kier molecular flexibility index (Phi) is 5.75. The van der Waals surface area contributed by atoms with Gasteiger partial charge in [0.1, 0.15) is 17.4 Å². The van der Waals surface area contributed by atoms with Crippen LogP contribution in [0.2, 0.25) is 0 Å². The van der Waals surface area contributed by atoms with Crippen molar-refractivity contribution < 1.29 is 18.3 Å². The third-order valence-corrected chi connectivity index (χ3v) is 5.70. The lowest BCUT2D eigenvalue weighted by Gasteiger charge is -2.37. The van der Waals surface area contributed by atoms with Crippen LogP contribution in [0.3, 0.4) is 0 Å². The fourth-order valence-electron chi connectivity index (χ4n) is 3.95. The molecule has 4 rings (SSSR count). The molecule has 0 radical (unpaired) electrons. The first-order valence-corrected chi connectivity index (χ1v) is 10.2. The maximum atomic E-state index is 12.6. The molecule has 1 amide bonds. The Hall–Kier alpha value is -3.23. The molecule has 0 unspecified atom stereocenters. The number of alkyl halides is 2. The number of nitrogens with one attached hydrogen (secondary N) is 1. The molecule has 3 aromatic rings. The van der Waals surface area contributed by atoms with Crippen molar-refractivity contribution >= 4 is 22.9 Å². The zero-order chi connectivity index (χ0) is 22.1. The SMILES string of the molecule is C[C@@H]1CCN(c2ccc3[nH]c(-c4cccc(OC(F)F)c4)nc3n2)C[C@H]1C(=O)N(C)C. The van der Waals surface area contributed by atoms with Crippen molar-refractivity contribution in [3.05, 3.63) is 36.4 Å². The van der Waals surface area contributed by atoms with Gasteiger partial charge in [-0.05, 0) is 36.6 Å². The number of aromatic amines is 1. The number of aromatic nitrogens is 3. The van der Waals surface area contributed by atoms with E-state index in [1.165, 1.54) is 12.1 Å². The number of pyridine rings is 1. The summed E-state index contributed by atoms with van der Waals surface area (Å²) in [7, 11) is 3.57. The molecule has 164 valence electrons. The molecule has 0 bridgehead atoms. The maximum absolute atomic E-state index is 12.6. The Bertz CT molecular complexity index is 1080. The topological polar surface area (TPSA) is 74.4 Å². The molecule has 3 heterocycles. The number of rotatable bonds is 5.